The van der Waals surface area contributed by atoms with Gasteiger partial charge in [0, 0.05) is 11.3 Å². The topological polar surface area (TPSA) is 46.5 Å². The van der Waals surface area contributed by atoms with Gasteiger partial charge in [-0.05, 0) is 104 Å². The van der Waals surface area contributed by atoms with Gasteiger partial charge >= 0.3 is 5.97 Å². The first-order valence-corrected chi connectivity index (χ1v) is 11.5. The number of aliphatic carboxylic acids is 1. The standard InChI is InChI=1S/C25H30O3S/c1-17-18(2)24(14-10-19(17)11-15-25(26)27)28-16-21-6-4-5-7-23(21)20-8-12-22(29-3)13-9-20/h8-10,12-14H,4-7,11,15-16H2,1-3H3,(H,26,27). The highest BCUT2D eigenvalue weighted by Crippen LogP contribution is 2.34. The fourth-order valence-electron chi connectivity index (χ4n) is 3.95. The summed E-state index contributed by atoms with van der Waals surface area (Å²) in [6, 6.07) is 12.9. The maximum atomic E-state index is 10.9. The fraction of sp³-hybridized carbons (Fsp3) is 0.400. The first-order chi connectivity index (χ1) is 14.0. The lowest BCUT2D eigenvalue weighted by atomic mass is 9.87. The molecule has 1 N–H and O–H groups in total. The lowest BCUT2D eigenvalue weighted by Gasteiger charge is -2.22. The van der Waals surface area contributed by atoms with Crippen molar-refractivity contribution in [2.75, 3.05) is 12.9 Å². The highest BCUT2D eigenvalue weighted by atomic mass is 32.2. The molecule has 0 radical (unpaired) electrons. The summed E-state index contributed by atoms with van der Waals surface area (Å²) < 4.78 is 6.26. The van der Waals surface area contributed by atoms with Crippen LogP contribution >= 0.6 is 11.8 Å². The van der Waals surface area contributed by atoms with Crippen LogP contribution in [0, 0.1) is 13.8 Å². The normalized spacial score (nSPS) is 14.2. The zero-order valence-corrected chi connectivity index (χ0v) is 18.4. The van der Waals surface area contributed by atoms with Gasteiger partial charge in [0.1, 0.15) is 12.4 Å². The first kappa shape index (κ1) is 21.5. The van der Waals surface area contributed by atoms with Crippen LogP contribution in [0.3, 0.4) is 0 Å². The van der Waals surface area contributed by atoms with Crippen LogP contribution in [0.15, 0.2) is 46.9 Å². The lowest BCUT2D eigenvalue weighted by molar-refractivity contribution is -0.136. The van der Waals surface area contributed by atoms with E-state index in [0.29, 0.717) is 13.0 Å². The second-order valence-electron chi connectivity index (χ2n) is 7.67. The highest BCUT2D eigenvalue weighted by molar-refractivity contribution is 7.98. The molecule has 3 rings (SSSR count). The average molecular weight is 411 g/mol. The fourth-order valence-corrected chi connectivity index (χ4v) is 4.36. The van der Waals surface area contributed by atoms with Crippen LogP contribution in [0.2, 0.25) is 0 Å². The SMILES string of the molecule is CSc1ccc(C2=C(COc3ccc(CCC(=O)O)c(C)c3C)CCCC2)cc1. The molecule has 154 valence electrons. The van der Waals surface area contributed by atoms with Crippen molar-refractivity contribution in [3.63, 3.8) is 0 Å². The van der Waals surface area contributed by atoms with E-state index in [4.69, 9.17) is 9.84 Å². The smallest absolute Gasteiger partial charge is 0.303 e. The van der Waals surface area contributed by atoms with Crippen LogP contribution in [0.5, 0.6) is 5.75 Å². The van der Waals surface area contributed by atoms with Crippen LogP contribution in [0.25, 0.3) is 5.57 Å². The summed E-state index contributed by atoms with van der Waals surface area (Å²) in [5.74, 6) is 0.140. The number of aryl methyl sites for hydroxylation is 1. The highest BCUT2D eigenvalue weighted by Gasteiger charge is 2.16. The van der Waals surface area contributed by atoms with E-state index in [2.05, 4.69) is 44.4 Å². The summed E-state index contributed by atoms with van der Waals surface area (Å²) >= 11 is 1.77. The Balaban J connectivity index is 1.76. The quantitative estimate of drug-likeness (QED) is 0.508. The second-order valence-corrected chi connectivity index (χ2v) is 8.55. The van der Waals surface area contributed by atoms with Crippen LogP contribution in [0.4, 0.5) is 0 Å². The number of rotatable bonds is 8. The third-order valence-corrected chi connectivity index (χ3v) is 6.62. The van der Waals surface area contributed by atoms with E-state index in [1.807, 2.05) is 12.1 Å². The van der Waals surface area contributed by atoms with Gasteiger partial charge in [0.2, 0.25) is 0 Å². The predicted molar refractivity (Wildman–Crippen MR) is 121 cm³/mol. The van der Waals surface area contributed by atoms with Crippen LogP contribution in [0.1, 0.15) is 54.4 Å². The van der Waals surface area contributed by atoms with E-state index in [0.717, 1.165) is 35.3 Å². The van der Waals surface area contributed by atoms with E-state index in [-0.39, 0.29) is 6.42 Å². The van der Waals surface area contributed by atoms with Gasteiger partial charge in [-0.3, -0.25) is 4.79 Å². The van der Waals surface area contributed by atoms with Gasteiger partial charge < -0.3 is 9.84 Å². The number of ether oxygens (including phenoxy) is 1. The number of allylic oxidation sites excluding steroid dienone is 1. The molecule has 0 aromatic heterocycles. The van der Waals surface area contributed by atoms with Gasteiger partial charge in [-0.1, -0.05) is 18.2 Å². The number of carboxylic acid groups (broad SMARTS) is 1. The van der Waals surface area contributed by atoms with Crippen molar-refractivity contribution < 1.29 is 14.6 Å². The molecule has 0 saturated carbocycles. The molecule has 2 aromatic rings. The molecule has 3 nitrogen and oxygen atoms in total. The largest absolute Gasteiger partial charge is 0.489 e. The summed E-state index contributed by atoms with van der Waals surface area (Å²) in [6.07, 6.45) is 7.48. The first-order valence-electron chi connectivity index (χ1n) is 10.3. The zero-order chi connectivity index (χ0) is 20.8. The summed E-state index contributed by atoms with van der Waals surface area (Å²) in [7, 11) is 0. The molecule has 2 aromatic carbocycles. The van der Waals surface area contributed by atoms with Gasteiger partial charge in [-0.2, -0.15) is 0 Å². The minimum Gasteiger partial charge on any atom is -0.489 e. The number of carbonyl (C=O) groups is 1. The molecule has 1 aliphatic rings. The van der Waals surface area contributed by atoms with E-state index < -0.39 is 5.97 Å². The van der Waals surface area contributed by atoms with Gasteiger partial charge in [0.05, 0.1) is 0 Å². The number of benzene rings is 2. The van der Waals surface area contributed by atoms with Crippen LogP contribution in [-0.4, -0.2) is 23.9 Å². The van der Waals surface area contributed by atoms with Crippen LogP contribution in [-0.2, 0) is 11.2 Å². The molecule has 1 aliphatic carbocycles. The third-order valence-electron chi connectivity index (χ3n) is 5.88. The third kappa shape index (κ3) is 5.45. The monoisotopic (exact) mass is 410 g/mol. The molecule has 0 saturated heterocycles. The molecular formula is C25H30O3S. The number of hydrogen-bond donors (Lipinski definition) is 1. The van der Waals surface area contributed by atoms with Crippen molar-refractivity contribution in [1.82, 2.24) is 0 Å². The van der Waals surface area contributed by atoms with Crippen LogP contribution < -0.4 is 4.74 Å². The molecule has 0 aliphatic heterocycles. The summed E-state index contributed by atoms with van der Waals surface area (Å²) in [5.41, 5.74) is 7.49. The van der Waals surface area contributed by atoms with E-state index in [1.165, 1.54) is 34.4 Å². The van der Waals surface area contributed by atoms with Crippen molar-refractivity contribution in [3.8, 4) is 5.75 Å². The molecule has 0 fully saturated rings. The number of carboxylic acids is 1. The van der Waals surface area contributed by atoms with Crippen molar-refractivity contribution in [2.45, 2.75) is 57.3 Å². The molecule has 0 unspecified atom stereocenters. The maximum absolute atomic E-state index is 10.9. The van der Waals surface area contributed by atoms with Crippen molar-refractivity contribution in [2.24, 2.45) is 0 Å². The molecular weight excluding hydrogens is 380 g/mol. The average Bonchev–Trinajstić information content (AvgIpc) is 2.74. The Morgan fingerprint density at radius 1 is 1.03 bits per heavy atom. The Labute approximate surface area is 178 Å². The number of thioether (sulfide) groups is 1. The lowest BCUT2D eigenvalue weighted by Crippen LogP contribution is -2.09. The Morgan fingerprint density at radius 2 is 1.76 bits per heavy atom. The summed E-state index contributed by atoms with van der Waals surface area (Å²) in [4.78, 5) is 12.2. The molecule has 0 spiro atoms. The zero-order valence-electron chi connectivity index (χ0n) is 17.6. The minimum atomic E-state index is -0.760. The van der Waals surface area contributed by atoms with Crippen molar-refractivity contribution in [3.05, 3.63) is 64.2 Å². The van der Waals surface area contributed by atoms with Gasteiger partial charge in [0.25, 0.3) is 0 Å². The Morgan fingerprint density at radius 3 is 2.45 bits per heavy atom. The predicted octanol–water partition coefficient (Wildman–Crippen LogP) is 6.45. The Hall–Kier alpha value is -2.20. The molecule has 0 atom stereocenters. The Bertz CT molecular complexity index is 897. The summed E-state index contributed by atoms with van der Waals surface area (Å²) in [6.45, 7) is 4.73. The van der Waals surface area contributed by atoms with E-state index >= 15 is 0 Å². The van der Waals surface area contributed by atoms with Crippen molar-refractivity contribution >= 4 is 23.3 Å². The van der Waals surface area contributed by atoms with E-state index in [1.54, 1.807) is 11.8 Å². The van der Waals surface area contributed by atoms with Crippen molar-refractivity contribution in [1.29, 1.82) is 0 Å². The van der Waals surface area contributed by atoms with Gasteiger partial charge in [0.15, 0.2) is 0 Å². The molecule has 4 heteroatoms. The van der Waals surface area contributed by atoms with Gasteiger partial charge in [-0.25, -0.2) is 0 Å². The second kappa shape index (κ2) is 10.0. The molecule has 0 amide bonds. The summed E-state index contributed by atoms with van der Waals surface area (Å²) in [5, 5.41) is 8.94. The maximum Gasteiger partial charge on any atom is 0.303 e. The molecule has 0 heterocycles. The minimum absolute atomic E-state index is 0.159. The Kier molecular flexibility index (Phi) is 7.43. The number of hydrogen-bond acceptors (Lipinski definition) is 3. The van der Waals surface area contributed by atoms with Gasteiger partial charge in [-0.15, -0.1) is 11.8 Å². The van der Waals surface area contributed by atoms with E-state index in [9.17, 15) is 4.79 Å². The molecule has 29 heavy (non-hydrogen) atoms. The molecule has 0 bridgehead atoms.